The second-order valence-electron chi connectivity index (χ2n) is 1.04. The summed E-state index contributed by atoms with van der Waals surface area (Å²) < 4.78 is 0. The van der Waals surface area contributed by atoms with Gasteiger partial charge in [-0.05, 0) is 0 Å². The van der Waals surface area contributed by atoms with Gasteiger partial charge in [0, 0.05) is 0 Å². The molecular formula is C3H4BNO. The molecule has 0 unspecified atom stereocenters. The molecule has 0 bridgehead atoms. The van der Waals surface area contributed by atoms with Gasteiger partial charge in [0.1, 0.15) is 0 Å². The summed E-state index contributed by atoms with van der Waals surface area (Å²) in [6, 6.07) is 1.72. The van der Waals surface area contributed by atoms with Crippen LogP contribution in [0.25, 0.3) is 0 Å². The maximum Gasteiger partial charge on any atom is 0.188 e. The van der Waals surface area contributed by atoms with Crippen molar-refractivity contribution in [3.05, 3.63) is 0 Å². The van der Waals surface area contributed by atoms with E-state index >= 15 is 0 Å². The van der Waals surface area contributed by atoms with Crippen LogP contribution in [0, 0.1) is 11.3 Å². The first-order valence-electron chi connectivity index (χ1n) is 1.63. The third-order valence-electron chi connectivity index (χ3n) is 0.328. The first-order chi connectivity index (χ1) is 2.77. The largest absolute Gasteiger partial charge is 0.311 e. The minimum atomic E-state index is -0.0718. The number of carbonyl (C=O) groups is 1. The molecule has 0 fully saturated rings. The lowest BCUT2D eigenvalue weighted by molar-refractivity contribution is -0.110. The summed E-state index contributed by atoms with van der Waals surface area (Å²) in [4.78, 5) is 9.82. The van der Waals surface area contributed by atoms with Crippen molar-refractivity contribution in [1.82, 2.24) is 0 Å². The van der Waals surface area contributed by atoms with Crippen molar-refractivity contribution in [2.75, 3.05) is 0 Å². The maximum absolute atomic E-state index is 9.82. The summed E-state index contributed by atoms with van der Waals surface area (Å²) in [5.74, 6) is 0. The molecule has 0 saturated heterocycles. The number of hydrogen-bond acceptors (Lipinski definition) is 2. The monoisotopic (exact) mass is 81.0 g/mol. The fraction of sp³-hybridized carbons (Fsp3) is 0.333. The summed E-state index contributed by atoms with van der Waals surface area (Å²) in [5, 5.41) is 7.77. The molecule has 0 N–H and O–H groups in total. The summed E-state index contributed by atoms with van der Waals surface area (Å²) in [7, 11) is 1.39. The second kappa shape index (κ2) is 2.46. The molecule has 3 heteroatoms. The van der Waals surface area contributed by atoms with E-state index in [1.54, 1.807) is 6.07 Å². The summed E-state index contributed by atoms with van der Waals surface area (Å²) in [5.41, 5.74) is -0.0718. The molecule has 0 heterocycles. The molecule has 0 radical (unpaired) electrons. The van der Waals surface area contributed by atoms with E-state index in [9.17, 15) is 4.79 Å². The minimum Gasteiger partial charge on any atom is -0.311 e. The zero-order valence-electron chi connectivity index (χ0n) is 3.56. The smallest absolute Gasteiger partial charge is 0.188 e. The van der Waals surface area contributed by atoms with Gasteiger partial charge in [0.05, 0.1) is 18.2 Å². The molecule has 0 aromatic rings. The van der Waals surface area contributed by atoms with Crippen LogP contribution in [0.5, 0.6) is 0 Å². The van der Waals surface area contributed by atoms with Crippen molar-refractivity contribution in [2.24, 2.45) is 0 Å². The van der Waals surface area contributed by atoms with Gasteiger partial charge in [-0.25, -0.2) is 0 Å². The van der Waals surface area contributed by atoms with Crippen LogP contribution >= 0.6 is 0 Å². The predicted octanol–water partition coefficient (Wildman–Crippen LogP) is -0.940. The molecular weight excluding hydrogens is 76.9 g/mol. The summed E-state index contributed by atoms with van der Waals surface area (Å²) in [6.07, 6.45) is 0.0417. The Bertz CT molecular complexity index is 93.5. The Morgan fingerprint density at radius 3 is 2.50 bits per heavy atom. The van der Waals surface area contributed by atoms with E-state index in [4.69, 9.17) is 5.26 Å². The molecule has 0 aliphatic rings. The number of nitriles is 1. The Hall–Kier alpha value is -0.775. The standard InChI is InChI=1S/C3H4BNO/c4-3(6)1-2-5/h1,4H2. The highest BCUT2D eigenvalue weighted by atomic mass is 16.1. The van der Waals surface area contributed by atoms with Crippen LogP contribution in [0.1, 0.15) is 6.42 Å². The first-order valence-corrected chi connectivity index (χ1v) is 1.63. The Morgan fingerprint density at radius 1 is 2.00 bits per heavy atom. The molecule has 0 amide bonds. The molecule has 2 nitrogen and oxygen atoms in total. The predicted molar refractivity (Wildman–Crippen MR) is 23.8 cm³/mol. The van der Waals surface area contributed by atoms with Crippen molar-refractivity contribution >= 4 is 13.5 Å². The van der Waals surface area contributed by atoms with Crippen molar-refractivity contribution in [3.8, 4) is 6.07 Å². The van der Waals surface area contributed by atoms with E-state index in [0.717, 1.165) is 0 Å². The highest BCUT2D eigenvalue weighted by molar-refractivity contribution is 6.57. The molecule has 0 spiro atoms. The molecule has 0 aromatic heterocycles. The van der Waals surface area contributed by atoms with E-state index in [1.807, 2.05) is 0 Å². The molecule has 0 rings (SSSR count). The molecule has 0 aromatic carbocycles. The van der Waals surface area contributed by atoms with Crippen molar-refractivity contribution < 1.29 is 4.79 Å². The molecule has 0 saturated carbocycles. The number of nitrogens with zero attached hydrogens (tertiary/aromatic N) is 1. The zero-order chi connectivity index (χ0) is 4.99. The van der Waals surface area contributed by atoms with Gasteiger partial charge in [-0.2, -0.15) is 5.26 Å². The number of hydrogen-bond donors (Lipinski definition) is 0. The average molecular weight is 80.9 g/mol. The van der Waals surface area contributed by atoms with Crippen LogP contribution < -0.4 is 0 Å². The SMILES string of the molecule is BC(=O)CC#N. The quantitative estimate of drug-likeness (QED) is 0.382. The van der Waals surface area contributed by atoms with Gasteiger partial charge in [0.25, 0.3) is 0 Å². The van der Waals surface area contributed by atoms with Gasteiger partial charge in [0.15, 0.2) is 7.85 Å². The van der Waals surface area contributed by atoms with Crippen LogP contribution in [0.2, 0.25) is 0 Å². The van der Waals surface area contributed by atoms with Crippen LogP contribution in [0.3, 0.4) is 0 Å². The van der Waals surface area contributed by atoms with Gasteiger partial charge in [-0.3, -0.25) is 0 Å². The van der Waals surface area contributed by atoms with Crippen LogP contribution in [-0.2, 0) is 4.79 Å². The van der Waals surface area contributed by atoms with Gasteiger partial charge in [-0.1, -0.05) is 0 Å². The topological polar surface area (TPSA) is 40.9 Å². The van der Waals surface area contributed by atoms with E-state index in [0.29, 0.717) is 0 Å². The lowest BCUT2D eigenvalue weighted by Gasteiger charge is -1.69. The third kappa shape index (κ3) is 3.22. The van der Waals surface area contributed by atoms with Crippen LogP contribution in [0.4, 0.5) is 0 Å². The van der Waals surface area contributed by atoms with Crippen LogP contribution in [0.15, 0.2) is 0 Å². The second-order valence-corrected chi connectivity index (χ2v) is 1.04. The third-order valence-corrected chi connectivity index (χ3v) is 0.328. The van der Waals surface area contributed by atoms with Crippen molar-refractivity contribution in [3.63, 3.8) is 0 Å². The summed E-state index contributed by atoms with van der Waals surface area (Å²) >= 11 is 0. The molecule has 0 aliphatic heterocycles. The van der Waals surface area contributed by atoms with Crippen molar-refractivity contribution in [1.29, 1.82) is 5.26 Å². The lowest BCUT2D eigenvalue weighted by Crippen LogP contribution is -1.90. The Balaban J connectivity index is 3.13. The molecule has 30 valence electrons. The maximum atomic E-state index is 9.82. The van der Waals surface area contributed by atoms with Gasteiger partial charge < -0.3 is 4.79 Å². The van der Waals surface area contributed by atoms with E-state index in [1.165, 1.54) is 7.85 Å². The molecule has 0 atom stereocenters. The zero-order valence-corrected chi connectivity index (χ0v) is 3.56. The van der Waals surface area contributed by atoms with E-state index in [2.05, 4.69) is 0 Å². The number of rotatable bonds is 1. The van der Waals surface area contributed by atoms with Gasteiger partial charge in [0.2, 0.25) is 0 Å². The molecule has 0 aliphatic carbocycles. The minimum absolute atomic E-state index is 0.0417. The molecule has 6 heavy (non-hydrogen) atoms. The normalized spacial score (nSPS) is 6.50. The van der Waals surface area contributed by atoms with Crippen molar-refractivity contribution in [2.45, 2.75) is 6.42 Å². The Labute approximate surface area is 37.2 Å². The number of carbonyl (C=O) groups excluding carboxylic acids is 1. The average Bonchev–Trinajstić information content (AvgIpc) is 1.35. The fourth-order valence-corrected chi connectivity index (χ4v) is 0.111. The lowest BCUT2D eigenvalue weighted by atomic mass is 10.0. The van der Waals surface area contributed by atoms with Crippen LogP contribution in [-0.4, -0.2) is 13.5 Å². The van der Waals surface area contributed by atoms with E-state index < -0.39 is 0 Å². The highest BCUT2D eigenvalue weighted by Crippen LogP contribution is 1.67. The summed E-state index contributed by atoms with van der Waals surface area (Å²) in [6.45, 7) is 0. The fourth-order valence-electron chi connectivity index (χ4n) is 0.111. The van der Waals surface area contributed by atoms with Gasteiger partial charge >= 0.3 is 0 Å². The first kappa shape index (κ1) is 5.22. The highest BCUT2D eigenvalue weighted by Gasteiger charge is 1.83. The van der Waals surface area contributed by atoms with E-state index in [-0.39, 0.29) is 12.1 Å². The Morgan fingerprint density at radius 2 is 2.50 bits per heavy atom. The van der Waals surface area contributed by atoms with Gasteiger partial charge in [-0.15, -0.1) is 0 Å². The Kier molecular flexibility index (Phi) is 2.14.